The second-order valence-electron chi connectivity index (χ2n) is 3.59. The molecule has 1 aliphatic rings. The lowest BCUT2D eigenvalue weighted by Crippen LogP contribution is -2.40. The number of esters is 1. The maximum Gasteiger partial charge on any atom is 0.303 e. The summed E-state index contributed by atoms with van der Waals surface area (Å²) in [4.78, 5) is 10.8. The molecule has 0 saturated carbocycles. The Morgan fingerprint density at radius 3 is 2.60 bits per heavy atom. The lowest BCUT2D eigenvalue weighted by atomic mass is 10.1. The number of carbonyl (C=O) groups excluding carboxylic acids is 1. The second kappa shape index (κ2) is 5.44. The third-order valence-corrected chi connectivity index (χ3v) is 2.57. The summed E-state index contributed by atoms with van der Waals surface area (Å²) < 4.78 is 21.0. The van der Waals surface area contributed by atoms with Gasteiger partial charge in [-0.25, -0.2) is 0 Å². The van der Waals surface area contributed by atoms with Crippen LogP contribution in [0.25, 0.3) is 0 Å². The molecule has 0 N–H and O–H groups in total. The van der Waals surface area contributed by atoms with E-state index in [-0.39, 0.29) is 30.4 Å². The Morgan fingerprint density at radius 2 is 2.13 bits per heavy atom. The topological polar surface area (TPSA) is 54.0 Å². The molecule has 0 unspecified atom stereocenters. The highest BCUT2D eigenvalue weighted by Crippen LogP contribution is 2.23. The van der Waals surface area contributed by atoms with E-state index in [2.05, 4.69) is 0 Å². The summed E-state index contributed by atoms with van der Waals surface area (Å²) >= 11 is 0. The summed E-state index contributed by atoms with van der Waals surface area (Å²) in [6.07, 6.45) is -0.876. The summed E-state index contributed by atoms with van der Waals surface area (Å²) in [6, 6.07) is 0. The highest BCUT2D eigenvalue weighted by molar-refractivity contribution is 5.66. The van der Waals surface area contributed by atoms with Gasteiger partial charge in [-0.15, -0.1) is 0 Å². The number of methoxy groups -OCH3 is 2. The summed E-state index contributed by atoms with van der Waals surface area (Å²) in [5, 5.41) is 0. The monoisotopic (exact) mass is 218 g/mol. The van der Waals surface area contributed by atoms with Gasteiger partial charge >= 0.3 is 5.97 Å². The smallest absolute Gasteiger partial charge is 0.303 e. The largest absolute Gasteiger partial charge is 0.457 e. The van der Waals surface area contributed by atoms with Crippen molar-refractivity contribution < 1.29 is 23.7 Å². The summed E-state index contributed by atoms with van der Waals surface area (Å²) in [6.45, 7) is 3.63. The van der Waals surface area contributed by atoms with Crippen molar-refractivity contribution in [3.8, 4) is 0 Å². The molecule has 1 fully saturated rings. The molecule has 0 aromatic heterocycles. The number of rotatable bonds is 4. The molecule has 0 aromatic carbocycles. The highest BCUT2D eigenvalue weighted by atomic mass is 16.6. The molecular formula is C10H18O5. The quantitative estimate of drug-likeness (QED) is 0.638. The molecule has 0 aromatic rings. The van der Waals surface area contributed by atoms with Gasteiger partial charge in [0, 0.05) is 21.1 Å². The zero-order valence-electron chi connectivity index (χ0n) is 9.56. The van der Waals surface area contributed by atoms with Gasteiger partial charge in [-0.1, -0.05) is 0 Å². The molecule has 0 bridgehead atoms. The SMILES string of the molecule is CO[C@H]1[C@H]([C@@H](C)OC)OC[C@@H]1OC(C)=O. The first-order valence-corrected chi connectivity index (χ1v) is 4.94. The molecule has 0 spiro atoms. The Hall–Kier alpha value is -0.650. The van der Waals surface area contributed by atoms with Crippen LogP contribution in [0.15, 0.2) is 0 Å². The van der Waals surface area contributed by atoms with Crippen LogP contribution in [0.4, 0.5) is 0 Å². The molecule has 1 saturated heterocycles. The summed E-state index contributed by atoms with van der Waals surface area (Å²) in [7, 11) is 3.19. The Kier molecular flexibility index (Phi) is 4.50. The van der Waals surface area contributed by atoms with Crippen molar-refractivity contribution in [2.75, 3.05) is 20.8 Å². The first-order valence-electron chi connectivity index (χ1n) is 4.94. The van der Waals surface area contributed by atoms with Gasteiger partial charge in [0.2, 0.25) is 0 Å². The van der Waals surface area contributed by atoms with Crippen molar-refractivity contribution in [3.63, 3.8) is 0 Å². The first kappa shape index (κ1) is 12.4. The number of ether oxygens (including phenoxy) is 4. The van der Waals surface area contributed by atoms with Crippen molar-refractivity contribution in [1.82, 2.24) is 0 Å². The second-order valence-corrected chi connectivity index (χ2v) is 3.59. The fourth-order valence-electron chi connectivity index (χ4n) is 1.74. The summed E-state index contributed by atoms with van der Waals surface area (Å²) in [5.41, 5.74) is 0. The lowest BCUT2D eigenvalue weighted by molar-refractivity contribution is -0.151. The van der Waals surface area contributed by atoms with E-state index < -0.39 is 0 Å². The van der Waals surface area contributed by atoms with Crippen molar-refractivity contribution in [3.05, 3.63) is 0 Å². The van der Waals surface area contributed by atoms with Crippen molar-refractivity contribution in [1.29, 1.82) is 0 Å². The minimum Gasteiger partial charge on any atom is -0.457 e. The van der Waals surface area contributed by atoms with Crippen LogP contribution in [0.2, 0.25) is 0 Å². The Morgan fingerprint density at radius 1 is 1.47 bits per heavy atom. The van der Waals surface area contributed by atoms with E-state index in [4.69, 9.17) is 18.9 Å². The Labute approximate surface area is 89.6 Å². The van der Waals surface area contributed by atoms with E-state index in [1.54, 1.807) is 14.2 Å². The van der Waals surface area contributed by atoms with E-state index in [1.807, 2.05) is 6.92 Å². The molecule has 0 amide bonds. The lowest BCUT2D eigenvalue weighted by Gasteiger charge is -2.24. The molecule has 88 valence electrons. The molecule has 5 nitrogen and oxygen atoms in total. The van der Waals surface area contributed by atoms with E-state index >= 15 is 0 Å². The van der Waals surface area contributed by atoms with Gasteiger partial charge in [-0.05, 0) is 6.92 Å². The maximum atomic E-state index is 10.8. The molecule has 1 rings (SSSR count). The highest BCUT2D eigenvalue weighted by Gasteiger charge is 2.42. The van der Waals surface area contributed by atoms with Crippen molar-refractivity contribution >= 4 is 5.97 Å². The minimum absolute atomic E-state index is 0.0875. The molecule has 0 aliphatic carbocycles. The predicted octanol–water partition coefficient (Wildman–Crippen LogP) is 0.367. The van der Waals surface area contributed by atoms with Crippen LogP contribution in [-0.4, -0.2) is 51.2 Å². The minimum atomic E-state index is -0.338. The van der Waals surface area contributed by atoms with E-state index in [1.165, 1.54) is 6.92 Å². The molecule has 1 heterocycles. The predicted molar refractivity (Wildman–Crippen MR) is 52.6 cm³/mol. The molecular weight excluding hydrogens is 200 g/mol. The summed E-state index contributed by atoms with van der Waals surface area (Å²) in [5.74, 6) is -0.323. The van der Waals surface area contributed by atoms with Crippen molar-refractivity contribution in [2.24, 2.45) is 0 Å². The van der Waals surface area contributed by atoms with Crippen LogP contribution in [0.3, 0.4) is 0 Å². The first-order chi connectivity index (χ1) is 7.10. The zero-order chi connectivity index (χ0) is 11.4. The van der Waals surface area contributed by atoms with Crippen LogP contribution in [0, 0.1) is 0 Å². The van der Waals surface area contributed by atoms with Gasteiger partial charge < -0.3 is 18.9 Å². The third-order valence-electron chi connectivity index (χ3n) is 2.57. The van der Waals surface area contributed by atoms with Gasteiger partial charge in [0.15, 0.2) is 6.10 Å². The van der Waals surface area contributed by atoms with Crippen molar-refractivity contribution in [2.45, 2.75) is 38.3 Å². The van der Waals surface area contributed by atoms with Crippen LogP contribution >= 0.6 is 0 Å². The van der Waals surface area contributed by atoms with Crippen LogP contribution in [0.5, 0.6) is 0 Å². The number of hydrogen-bond donors (Lipinski definition) is 0. The van der Waals surface area contributed by atoms with E-state index in [0.717, 1.165) is 0 Å². The normalized spacial score (nSPS) is 32.7. The molecule has 0 radical (unpaired) electrons. The standard InChI is InChI=1S/C10H18O5/c1-6(12-3)9-10(13-4)8(5-14-9)15-7(2)11/h6,8-10H,5H2,1-4H3/t6-,8+,9+,10-/m1/s1. The molecule has 4 atom stereocenters. The fourth-order valence-corrected chi connectivity index (χ4v) is 1.74. The Balaban J connectivity index is 2.60. The third kappa shape index (κ3) is 2.90. The van der Waals surface area contributed by atoms with Gasteiger partial charge in [-0.3, -0.25) is 4.79 Å². The molecule has 1 aliphatic heterocycles. The van der Waals surface area contributed by atoms with E-state index in [0.29, 0.717) is 6.61 Å². The van der Waals surface area contributed by atoms with Gasteiger partial charge in [0.05, 0.1) is 12.7 Å². The zero-order valence-corrected chi connectivity index (χ0v) is 9.56. The average molecular weight is 218 g/mol. The van der Waals surface area contributed by atoms with Gasteiger partial charge in [0.1, 0.15) is 12.2 Å². The average Bonchev–Trinajstić information content (AvgIpc) is 2.58. The fraction of sp³-hybridized carbons (Fsp3) is 0.900. The van der Waals surface area contributed by atoms with Gasteiger partial charge in [-0.2, -0.15) is 0 Å². The number of carbonyl (C=O) groups is 1. The molecule has 15 heavy (non-hydrogen) atoms. The molecule has 5 heteroatoms. The van der Waals surface area contributed by atoms with E-state index in [9.17, 15) is 4.79 Å². The number of hydrogen-bond acceptors (Lipinski definition) is 5. The maximum absolute atomic E-state index is 10.8. The van der Waals surface area contributed by atoms with Gasteiger partial charge in [0.25, 0.3) is 0 Å². The Bertz CT molecular complexity index is 218. The van der Waals surface area contributed by atoms with Crippen LogP contribution in [-0.2, 0) is 23.7 Å². The van der Waals surface area contributed by atoms with Crippen LogP contribution in [0.1, 0.15) is 13.8 Å². The van der Waals surface area contributed by atoms with Crippen LogP contribution < -0.4 is 0 Å².